The van der Waals surface area contributed by atoms with Crippen LogP contribution in [0, 0.1) is 5.92 Å². The van der Waals surface area contributed by atoms with Crippen molar-refractivity contribution in [1.29, 1.82) is 0 Å². The van der Waals surface area contributed by atoms with E-state index >= 15 is 0 Å². The summed E-state index contributed by atoms with van der Waals surface area (Å²) in [4.78, 5) is 9.89. The predicted molar refractivity (Wildman–Crippen MR) is 199 cm³/mol. The van der Waals surface area contributed by atoms with E-state index in [1.54, 1.807) is 13.3 Å². The Hall–Kier alpha value is -2.13. The van der Waals surface area contributed by atoms with Crippen molar-refractivity contribution in [2.75, 3.05) is 13.7 Å². The Labute approximate surface area is 296 Å². The topological polar surface area (TPSA) is 105 Å². The smallest absolute Gasteiger partial charge is 0.479 e. The minimum atomic E-state index is -2.82. The Bertz CT molecular complexity index is 1500. The van der Waals surface area contributed by atoms with Gasteiger partial charge >= 0.3 is 8.80 Å². The number of phenols is 2. The Morgan fingerprint density at radius 3 is 2.04 bits per heavy atom. The number of nitrogens with zero attached hydrogens (tertiary/aromatic N) is 2. The van der Waals surface area contributed by atoms with Gasteiger partial charge in [0.25, 0.3) is 0 Å². The van der Waals surface area contributed by atoms with E-state index in [0.29, 0.717) is 30.3 Å². The zero-order valence-corrected chi connectivity index (χ0v) is 33.6. The molecule has 1 heterocycles. The highest BCUT2D eigenvalue weighted by Gasteiger charge is 2.55. The largest absolute Gasteiger partial charge is 0.507 e. The Kier molecular flexibility index (Phi) is 11.8. The van der Waals surface area contributed by atoms with E-state index in [2.05, 4.69) is 112 Å². The van der Waals surface area contributed by atoms with Gasteiger partial charge in [-0.05, 0) is 71.3 Å². The van der Waals surface area contributed by atoms with Crippen LogP contribution in [0.4, 0.5) is 0 Å². The molecule has 0 aromatic heterocycles. The third-order valence-electron chi connectivity index (χ3n) is 9.98. The number of rotatable bonds is 11. The SMILES string of the molecule is CO[Si](CCCN=Cc1cc(C(C)(C)C)cc(C2N[C@]3(/N=C/c4cc(C(C)(C)C)cc(C(C)(C)C)c4O)CCCC[C@H]23)c1O)(O[Si])O[Si]. The molecule has 0 amide bonds. The summed E-state index contributed by atoms with van der Waals surface area (Å²) < 4.78 is 16.0. The summed E-state index contributed by atoms with van der Waals surface area (Å²) in [5.41, 5.74) is 4.74. The molecule has 2 fully saturated rings. The van der Waals surface area contributed by atoms with Crippen LogP contribution in [0.2, 0.25) is 6.04 Å². The zero-order chi connectivity index (χ0) is 35.7. The fourth-order valence-corrected chi connectivity index (χ4v) is 9.64. The lowest BCUT2D eigenvalue weighted by molar-refractivity contribution is -0.000797. The van der Waals surface area contributed by atoms with Crippen LogP contribution in [0.1, 0.15) is 134 Å². The predicted octanol–water partition coefficient (Wildman–Crippen LogP) is 7.23. The normalized spacial score (nSPS) is 22.3. The van der Waals surface area contributed by atoms with Gasteiger partial charge in [-0.3, -0.25) is 15.3 Å². The summed E-state index contributed by atoms with van der Waals surface area (Å²) in [5, 5.41) is 26.9. The maximum atomic E-state index is 11.7. The summed E-state index contributed by atoms with van der Waals surface area (Å²) in [6.45, 7) is 20.1. The molecular formula is C37H55N3O5Si3. The highest BCUT2D eigenvalue weighted by Crippen LogP contribution is 2.53. The number of aliphatic imine (C=N–C) groups is 2. The Morgan fingerprint density at radius 1 is 0.875 bits per heavy atom. The minimum Gasteiger partial charge on any atom is -0.507 e. The maximum Gasteiger partial charge on any atom is 0.479 e. The third kappa shape index (κ3) is 8.25. The van der Waals surface area contributed by atoms with E-state index in [4.69, 9.17) is 17.6 Å². The van der Waals surface area contributed by atoms with Gasteiger partial charge in [-0.2, -0.15) is 0 Å². The first kappa shape index (κ1) is 38.7. The van der Waals surface area contributed by atoms with Gasteiger partial charge < -0.3 is 22.9 Å². The maximum absolute atomic E-state index is 11.7. The van der Waals surface area contributed by atoms with Crippen LogP contribution in [-0.4, -0.2) is 71.7 Å². The van der Waals surface area contributed by atoms with Crippen LogP contribution < -0.4 is 5.32 Å². The van der Waals surface area contributed by atoms with Gasteiger partial charge in [-0.1, -0.05) is 74.8 Å². The van der Waals surface area contributed by atoms with Gasteiger partial charge in [0.05, 0.1) is 0 Å². The van der Waals surface area contributed by atoms with E-state index in [9.17, 15) is 10.2 Å². The second kappa shape index (κ2) is 14.6. The number of phenolic OH excluding ortho intramolecular Hbond substituents is 2. The van der Waals surface area contributed by atoms with E-state index in [1.165, 1.54) is 5.56 Å². The summed E-state index contributed by atoms with van der Waals surface area (Å²) in [6, 6.07) is 8.94. The number of fused-ring (bicyclic) bond motifs is 1. The van der Waals surface area contributed by atoms with Crippen LogP contribution in [-0.2, 0) is 28.9 Å². The quantitative estimate of drug-likeness (QED) is 0.129. The minimum absolute atomic E-state index is 0.0448. The van der Waals surface area contributed by atoms with Crippen molar-refractivity contribution in [3.63, 3.8) is 0 Å². The van der Waals surface area contributed by atoms with Gasteiger partial charge in [-0.25, -0.2) is 0 Å². The molecule has 6 radical (unpaired) electrons. The van der Waals surface area contributed by atoms with Crippen molar-refractivity contribution >= 4 is 42.2 Å². The third-order valence-corrected chi connectivity index (χ3v) is 14.1. The summed E-state index contributed by atoms with van der Waals surface area (Å²) in [6.07, 6.45) is 8.46. The number of hydrogen-bond acceptors (Lipinski definition) is 8. The molecule has 2 aromatic rings. The number of nitrogens with one attached hydrogen (secondary N) is 1. The fourth-order valence-electron chi connectivity index (χ4n) is 6.82. The first-order valence-corrected chi connectivity index (χ1v) is 19.9. The van der Waals surface area contributed by atoms with E-state index in [0.717, 1.165) is 47.9 Å². The molecule has 8 nitrogen and oxygen atoms in total. The molecule has 11 heteroatoms. The fraction of sp³-hybridized carbons (Fsp3) is 0.622. The lowest BCUT2D eigenvalue weighted by atomic mass is 9.65. The second-order valence-corrected chi connectivity index (χ2v) is 20.5. The average Bonchev–Trinajstić information content (AvgIpc) is 2.99. The number of aromatic hydroxyl groups is 2. The molecule has 260 valence electrons. The van der Waals surface area contributed by atoms with Crippen molar-refractivity contribution in [1.82, 2.24) is 5.32 Å². The van der Waals surface area contributed by atoms with Gasteiger partial charge in [0, 0.05) is 66.3 Å². The molecule has 1 saturated heterocycles. The summed E-state index contributed by atoms with van der Waals surface area (Å²) in [7, 11) is 4.90. The van der Waals surface area contributed by atoms with Crippen LogP contribution in [0.3, 0.4) is 0 Å². The van der Waals surface area contributed by atoms with Gasteiger partial charge in [0.2, 0.25) is 21.0 Å². The second-order valence-electron chi connectivity index (χ2n) is 16.6. The molecule has 1 aliphatic carbocycles. The molecule has 2 aromatic carbocycles. The molecule has 4 rings (SSSR count). The van der Waals surface area contributed by atoms with Crippen molar-refractivity contribution in [2.45, 2.75) is 128 Å². The standard InChI is InChI=1S/C37H55N3O5Si3/c1-34(2,3)26-18-24(22-38-16-13-17-48(43-10,44-46)45-47)32(41)28(20-26)31-29-14-11-12-15-37(29,40-31)39-23-25-19-27(35(4,5)6)21-30(33(25)42)36(7,8)9/h18-23,29,31,40-42H,11-17H2,1-10H3/b38-22?,39-23+/t29-,31?,37-/m1/s1. The summed E-state index contributed by atoms with van der Waals surface area (Å²) in [5.74, 6) is 0.766. The van der Waals surface area contributed by atoms with Crippen molar-refractivity contribution < 1.29 is 22.9 Å². The lowest BCUT2D eigenvalue weighted by Crippen LogP contribution is -2.66. The van der Waals surface area contributed by atoms with Crippen molar-refractivity contribution in [3.05, 3.63) is 57.6 Å². The molecule has 1 unspecified atom stereocenters. The molecule has 3 N–H and O–H groups in total. The van der Waals surface area contributed by atoms with E-state index in [1.807, 2.05) is 12.3 Å². The molecule has 1 aliphatic heterocycles. The van der Waals surface area contributed by atoms with Gasteiger partial charge in [0.15, 0.2) is 0 Å². The monoisotopic (exact) mass is 705 g/mol. The van der Waals surface area contributed by atoms with E-state index in [-0.39, 0.29) is 34.0 Å². The highest BCUT2D eigenvalue weighted by molar-refractivity contribution is 6.66. The molecule has 48 heavy (non-hydrogen) atoms. The van der Waals surface area contributed by atoms with Crippen LogP contribution >= 0.6 is 0 Å². The molecule has 1 saturated carbocycles. The summed E-state index contributed by atoms with van der Waals surface area (Å²) >= 11 is 0. The number of benzene rings is 2. The molecule has 0 spiro atoms. The molecule has 3 atom stereocenters. The highest BCUT2D eigenvalue weighted by atomic mass is 28.4. The van der Waals surface area contributed by atoms with Crippen LogP contribution in [0.5, 0.6) is 11.5 Å². The van der Waals surface area contributed by atoms with Gasteiger partial charge in [-0.15, -0.1) is 0 Å². The Morgan fingerprint density at radius 2 is 1.48 bits per heavy atom. The first-order valence-electron chi connectivity index (χ1n) is 17.1. The molecule has 0 bridgehead atoms. The van der Waals surface area contributed by atoms with Crippen LogP contribution in [0.15, 0.2) is 34.3 Å². The van der Waals surface area contributed by atoms with Crippen molar-refractivity contribution in [2.24, 2.45) is 15.9 Å². The van der Waals surface area contributed by atoms with Gasteiger partial charge in [0.1, 0.15) is 17.2 Å². The van der Waals surface area contributed by atoms with Crippen LogP contribution in [0.25, 0.3) is 0 Å². The number of hydrogen-bond donors (Lipinski definition) is 3. The average molecular weight is 706 g/mol. The molecular weight excluding hydrogens is 651 g/mol. The molecule has 2 aliphatic rings. The lowest BCUT2D eigenvalue weighted by Gasteiger charge is -2.57. The first-order chi connectivity index (χ1) is 22.3. The zero-order valence-electron chi connectivity index (χ0n) is 30.6. The Balaban J connectivity index is 1.65. The van der Waals surface area contributed by atoms with Crippen molar-refractivity contribution in [3.8, 4) is 11.5 Å². The van der Waals surface area contributed by atoms with E-state index < -0.39 is 14.5 Å².